The van der Waals surface area contributed by atoms with Gasteiger partial charge in [-0.1, -0.05) is 36.5 Å². The number of rotatable bonds is 6. The largest absolute Gasteiger partial charge is 0.172 e. The summed E-state index contributed by atoms with van der Waals surface area (Å²) < 4.78 is 0. The minimum atomic E-state index is 0.556. The zero-order chi connectivity index (χ0) is 15.3. The van der Waals surface area contributed by atoms with E-state index in [9.17, 15) is 0 Å². The predicted molar refractivity (Wildman–Crippen MR) is 95.7 cm³/mol. The molecule has 8 unspecified atom stereocenters. The van der Waals surface area contributed by atoms with E-state index in [4.69, 9.17) is 11.1 Å². The van der Waals surface area contributed by atoms with Gasteiger partial charge >= 0.3 is 0 Å². The van der Waals surface area contributed by atoms with Crippen molar-refractivity contribution in [2.24, 2.45) is 53.3 Å². The van der Waals surface area contributed by atoms with E-state index in [1.54, 1.807) is 0 Å². The average molecular weight is 329 g/mol. The van der Waals surface area contributed by atoms with Gasteiger partial charge in [-0.2, -0.15) is 11.1 Å². The molecule has 4 aliphatic carbocycles. The highest BCUT2D eigenvalue weighted by molar-refractivity contribution is 6.93. The lowest BCUT2D eigenvalue weighted by atomic mass is 9.71. The number of hydrogen-bond donors (Lipinski definition) is 0. The van der Waals surface area contributed by atoms with Crippen molar-refractivity contribution in [3.8, 4) is 0 Å². The van der Waals surface area contributed by atoms with Crippen LogP contribution >= 0.6 is 11.1 Å². The molecule has 8 atom stereocenters. The molecule has 0 aromatic rings. The third-order valence-electron chi connectivity index (χ3n) is 7.02. The summed E-state index contributed by atoms with van der Waals surface area (Å²) in [6.45, 7) is 8.16. The van der Waals surface area contributed by atoms with Gasteiger partial charge in [0.25, 0.3) is 0 Å². The monoisotopic (exact) mass is 328 g/mol. The minimum absolute atomic E-state index is 0.556. The molecule has 0 saturated heterocycles. The molecule has 0 aromatic carbocycles. The summed E-state index contributed by atoms with van der Waals surface area (Å²) in [5.41, 5.74) is 0. The van der Waals surface area contributed by atoms with Crippen molar-refractivity contribution in [2.75, 3.05) is 0 Å². The molecular formula is C20H25ClSi. The maximum absolute atomic E-state index is 6.27. The molecule has 2 radical (unpaired) electrons. The first-order valence-electron chi connectivity index (χ1n) is 8.73. The Morgan fingerprint density at radius 2 is 1.45 bits per heavy atom. The first kappa shape index (κ1) is 15.0. The highest BCUT2D eigenvalue weighted by atomic mass is 35.6. The third-order valence-corrected chi connectivity index (χ3v) is 8.11. The molecule has 2 fully saturated rings. The molecule has 0 amide bonds. The molecule has 4 bridgehead atoms. The molecular weight excluding hydrogens is 304 g/mol. The van der Waals surface area contributed by atoms with Crippen LogP contribution in [0, 0.1) is 53.3 Å². The normalized spacial score (nSPS) is 49.0. The molecule has 0 spiro atoms. The molecule has 4 aliphatic rings. The van der Waals surface area contributed by atoms with Gasteiger partial charge in [0.1, 0.15) is 0 Å². The van der Waals surface area contributed by atoms with Crippen molar-refractivity contribution in [3.63, 3.8) is 0 Å². The van der Waals surface area contributed by atoms with Crippen LogP contribution in [0.2, 0.25) is 6.04 Å². The van der Waals surface area contributed by atoms with Gasteiger partial charge in [0, 0.05) is 0 Å². The second kappa shape index (κ2) is 5.83. The van der Waals surface area contributed by atoms with Crippen LogP contribution in [-0.2, 0) is 0 Å². The second-order valence-electron chi connectivity index (χ2n) is 7.68. The zero-order valence-corrected chi connectivity index (χ0v) is 14.8. The lowest BCUT2D eigenvalue weighted by Gasteiger charge is -2.35. The van der Waals surface area contributed by atoms with Gasteiger partial charge in [0.15, 0.2) is 8.83 Å². The van der Waals surface area contributed by atoms with Gasteiger partial charge in [-0.3, -0.25) is 0 Å². The Kier molecular flexibility index (Phi) is 3.98. The van der Waals surface area contributed by atoms with E-state index in [-0.39, 0.29) is 0 Å². The van der Waals surface area contributed by atoms with Crippen molar-refractivity contribution >= 4 is 19.9 Å². The zero-order valence-electron chi connectivity index (χ0n) is 13.1. The van der Waals surface area contributed by atoms with Crippen LogP contribution in [0.1, 0.15) is 12.8 Å². The number of halogens is 1. The smallest absolute Gasteiger partial charge is 0.171 e. The second-order valence-corrected chi connectivity index (χ2v) is 9.16. The molecule has 4 rings (SSSR count). The first-order valence-corrected chi connectivity index (χ1v) is 11.0. The van der Waals surface area contributed by atoms with E-state index in [0.717, 1.165) is 41.4 Å². The van der Waals surface area contributed by atoms with Crippen LogP contribution in [0.5, 0.6) is 0 Å². The van der Waals surface area contributed by atoms with Crippen LogP contribution in [0.4, 0.5) is 0 Å². The Labute approximate surface area is 141 Å². The quantitative estimate of drug-likeness (QED) is 0.360. The highest BCUT2D eigenvalue weighted by Gasteiger charge is 2.54. The van der Waals surface area contributed by atoms with Crippen LogP contribution < -0.4 is 0 Å². The molecule has 2 heteroatoms. The molecule has 0 aliphatic heterocycles. The van der Waals surface area contributed by atoms with Gasteiger partial charge in [0.05, 0.1) is 0 Å². The van der Waals surface area contributed by atoms with E-state index < -0.39 is 0 Å². The number of fused-ring (bicyclic) bond motifs is 4. The highest BCUT2D eigenvalue weighted by Crippen LogP contribution is 2.60. The van der Waals surface area contributed by atoms with Crippen molar-refractivity contribution in [2.45, 2.75) is 18.9 Å². The molecule has 2 saturated carbocycles. The summed E-state index contributed by atoms with van der Waals surface area (Å²) in [5, 5.41) is 0. The first-order chi connectivity index (χ1) is 10.8. The fourth-order valence-electron chi connectivity index (χ4n) is 6.23. The summed E-state index contributed by atoms with van der Waals surface area (Å²) in [6.07, 6.45) is 17.0. The van der Waals surface area contributed by atoms with Crippen molar-refractivity contribution in [3.05, 3.63) is 49.6 Å². The predicted octanol–water partition coefficient (Wildman–Crippen LogP) is 5.13. The summed E-state index contributed by atoms with van der Waals surface area (Å²) in [7, 11) is 0.556. The van der Waals surface area contributed by atoms with E-state index in [1.807, 2.05) is 0 Å². The maximum atomic E-state index is 6.27. The van der Waals surface area contributed by atoms with Gasteiger partial charge in [-0.25, -0.2) is 0 Å². The summed E-state index contributed by atoms with van der Waals surface area (Å²) in [6, 6.07) is 1.20. The topological polar surface area (TPSA) is 0 Å². The van der Waals surface area contributed by atoms with Crippen LogP contribution in [0.25, 0.3) is 0 Å². The molecule has 0 heterocycles. The lowest BCUT2D eigenvalue weighted by Crippen LogP contribution is -2.31. The number of hydrogen-bond acceptors (Lipinski definition) is 0. The van der Waals surface area contributed by atoms with E-state index in [0.29, 0.717) is 20.7 Å². The van der Waals surface area contributed by atoms with Crippen molar-refractivity contribution in [1.82, 2.24) is 0 Å². The van der Waals surface area contributed by atoms with E-state index >= 15 is 0 Å². The molecule has 0 N–H and O–H groups in total. The van der Waals surface area contributed by atoms with Crippen LogP contribution in [0.3, 0.4) is 0 Å². The average Bonchev–Trinajstić information content (AvgIpc) is 3.30. The Bertz CT molecular complexity index is 478. The fourth-order valence-corrected chi connectivity index (χ4v) is 7.48. The fraction of sp³-hybridized carbons (Fsp3) is 0.600. The summed E-state index contributed by atoms with van der Waals surface area (Å²) in [5.74, 6) is 6.79. The molecule has 0 nitrogen and oxygen atoms in total. The van der Waals surface area contributed by atoms with Crippen LogP contribution in [0.15, 0.2) is 49.6 Å². The van der Waals surface area contributed by atoms with E-state index in [1.165, 1.54) is 18.9 Å². The van der Waals surface area contributed by atoms with Gasteiger partial charge in [-0.05, 0) is 72.1 Å². The van der Waals surface area contributed by atoms with E-state index in [2.05, 4.69) is 49.6 Å². The van der Waals surface area contributed by atoms with Crippen molar-refractivity contribution in [1.29, 1.82) is 0 Å². The van der Waals surface area contributed by atoms with Crippen LogP contribution in [-0.4, -0.2) is 8.83 Å². The third kappa shape index (κ3) is 2.08. The standard InChI is InChI=1S/C20H25ClSi/c1-3-12-9-14-5-7-16(12)19(14)18(11-22-21)20-15-6-8-17(20)13(4-2)10-15/h3-8,12-20H,1-2,9-11H2. The summed E-state index contributed by atoms with van der Waals surface area (Å²) in [4.78, 5) is 0. The molecule has 116 valence electrons. The number of allylic oxidation sites excluding steroid dienone is 6. The van der Waals surface area contributed by atoms with Gasteiger partial charge in [0.2, 0.25) is 0 Å². The maximum Gasteiger partial charge on any atom is 0.172 e. The Morgan fingerprint density at radius 1 is 0.955 bits per heavy atom. The van der Waals surface area contributed by atoms with Gasteiger partial charge < -0.3 is 0 Å². The molecule has 0 aromatic heterocycles. The SMILES string of the molecule is C=CC1CC2C=CC1C2C(C[Si]Cl)C1C2C=CC1C(C=C)C2. The lowest BCUT2D eigenvalue weighted by molar-refractivity contribution is 0.168. The van der Waals surface area contributed by atoms with Gasteiger partial charge in [-0.15, -0.1) is 13.2 Å². The Balaban J connectivity index is 1.61. The minimum Gasteiger partial charge on any atom is -0.171 e. The Morgan fingerprint density at radius 3 is 1.82 bits per heavy atom. The molecule has 22 heavy (non-hydrogen) atoms. The van der Waals surface area contributed by atoms with Crippen molar-refractivity contribution < 1.29 is 0 Å². The Hall–Kier alpha value is -0.533. The summed E-state index contributed by atoms with van der Waals surface area (Å²) >= 11 is 6.27.